The second-order valence-corrected chi connectivity index (χ2v) is 10.2. The van der Waals surface area contributed by atoms with Crippen LogP contribution in [0.4, 0.5) is 0 Å². The zero-order chi connectivity index (χ0) is 18.8. The highest BCUT2D eigenvalue weighted by molar-refractivity contribution is 7.91. The topological polar surface area (TPSA) is 96.4 Å². The highest BCUT2D eigenvalue weighted by Gasteiger charge is 2.35. The molecule has 140 valence electrons. The number of sulfonamides is 1. The summed E-state index contributed by atoms with van der Waals surface area (Å²) in [5.74, 6) is -0.0809. The molecule has 1 fully saturated rings. The fraction of sp³-hybridized carbons (Fsp3) is 0.353. The lowest BCUT2D eigenvalue weighted by atomic mass is 10.1. The quantitative estimate of drug-likeness (QED) is 0.817. The summed E-state index contributed by atoms with van der Waals surface area (Å²) in [5.41, 5.74) is 0.792. The lowest BCUT2D eigenvalue weighted by molar-refractivity contribution is 0.271. The maximum absolute atomic E-state index is 13.2. The molecule has 2 heterocycles. The van der Waals surface area contributed by atoms with E-state index in [2.05, 4.69) is 10.3 Å². The monoisotopic (exact) mass is 395 g/mol. The summed E-state index contributed by atoms with van der Waals surface area (Å²) in [6, 6.07) is 8.79. The van der Waals surface area contributed by atoms with Crippen LogP contribution in [0.5, 0.6) is 0 Å². The van der Waals surface area contributed by atoms with Crippen molar-refractivity contribution in [1.82, 2.24) is 14.6 Å². The van der Waals surface area contributed by atoms with E-state index in [1.54, 1.807) is 18.5 Å². The van der Waals surface area contributed by atoms with Crippen LogP contribution in [-0.4, -0.2) is 51.5 Å². The summed E-state index contributed by atoms with van der Waals surface area (Å²) in [7, 11) is -7.33. The van der Waals surface area contributed by atoms with E-state index in [0.717, 1.165) is 5.56 Å². The fourth-order valence-electron chi connectivity index (χ4n) is 2.96. The van der Waals surface area contributed by atoms with Gasteiger partial charge in [0, 0.05) is 32.0 Å². The number of aromatic nitrogens is 1. The number of nitrogens with one attached hydrogen (secondary N) is 1. The fourth-order valence-corrected chi connectivity index (χ4v) is 5.62. The number of hydrogen-bond donors (Lipinski definition) is 1. The molecule has 1 aromatic heterocycles. The van der Waals surface area contributed by atoms with Gasteiger partial charge in [-0.25, -0.2) is 16.8 Å². The molecule has 9 heteroatoms. The third-order valence-electron chi connectivity index (χ3n) is 4.41. The Morgan fingerprint density at radius 1 is 1.15 bits per heavy atom. The first-order chi connectivity index (χ1) is 12.4. The molecular weight excluding hydrogens is 374 g/mol. The van der Waals surface area contributed by atoms with Crippen molar-refractivity contribution in [2.75, 3.05) is 25.4 Å². The average molecular weight is 396 g/mol. The van der Waals surface area contributed by atoms with Crippen LogP contribution >= 0.6 is 0 Å². The standard InChI is InChI=1S/C17H21N3O4S2/c1-2-25(21,22)15-6-3-7-16(11-15)26(23,24)20-10-9-19-13-17(20)14-5-4-8-18-12-14/h3-8,11-12,17,19H,2,9-10,13H2,1H3. The van der Waals surface area contributed by atoms with Gasteiger partial charge in [0.2, 0.25) is 10.0 Å². The zero-order valence-corrected chi connectivity index (χ0v) is 16.0. The molecular formula is C17H21N3O4S2. The van der Waals surface area contributed by atoms with Crippen LogP contribution in [-0.2, 0) is 19.9 Å². The molecule has 1 aliphatic heterocycles. The molecule has 0 amide bonds. The smallest absolute Gasteiger partial charge is 0.243 e. The highest BCUT2D eigenvalue weighted by atomic mass is 32.2. The Bertz CT molecular complexity index is 976. The average Bonchev–Trinajstić information content (AvgIpc) is 2.69. The molecule has 26 heavy (non-hydrogen) atoms. The van der Waals surface area contributed by atoms with Gasteiger partial charge in [-0.05, 0) is 29.8 Å². The molecule has 0 spiro atoms. The van der Waals surface area contributed by atoms with Crippen molar-refractivity contribution in [3.05, 3.63) is 54.4 Å². The van der Waals surface area contributed by atoms with Crippen molar-refractivity contribution in [1.29, 1.82) is 0 Å². The highest BCUT2D eigenvalue weighted by Crippen LogP contribution is 2.29. The summed E-state index contributed by atoms with van der Waals surface area (Å²) < 4.78 is 52.1. The Kier molecular flexibility index (Phi) is 5.42. The summed E-state index contributed by atoms with van der Waals surface area (Å²) in [6.07, 6.45) is 3.29. The van der Waals surface area contributed by atoms with Crippen LogP contribution in [0.3, 0.4) is 0 Å². The van der Waals surface area contributed by atoms with Crippen LogP contribution in [0, 0.1) is 0 Å². The summed E-state index contributed by atoms with van der Waals surface area (Å²) >= 11 is 0. The van der Waals surface area contributed by atoms with Gasteiger partial charge >= 0.3 is 0 Å². The summed E-state index contributed by atoms with van der Waals surface area (Å²) in [5, 5.41) is 3.20. The van der Waals surface area contributed by atoms with Gasteiger partial charge in [-0.1, -0.05) is 19.1 Å². The molecule has 0 bridgehead atoms. The minimum absolute atomic E-state index is 0.0113. The number of sulfone groups is 1. The number of pyridine rings is 1. The van der Waals surface area contributed by atoms with Crippen LogP contribution in [0.15, 0.2) is 58.6 Å². The molecule has 1 N–H and O–H groups in total. The van der Waals surface area contributed by atoms with Crippen molar-refractivity contribution >= 4 is 19.9 Å². The van der Waals surface area contributed by atoms with Gasteiger partial charge in [0.05, 0.1) is 21.6 Å². The van der Waals surface area contributed by atoms with Gasteiger partial charge in [0.25, 0.3) is 0 Å². The van der Waals surface area contributed by atoms with Crippen LogP contribution in [0.25, 0.3) is 0 Å². The summed E-state index contributed by atoms with van der Waals surface area (Å²) in [4.78, 5) is 4.09. The molecule has 1 aliphatic rings. The number of benzene rings is 1. The maximum Gasteiger partial charge on any atom is 0.243 e. The van der Waals surface area contributed by atoms with E-state index in [9.17, 15) is 16.8 Å². The molecule has 1 unspecified atom stereocenters. The molecule has 0 radical (unpaired) electrons. The Hall–Kier alpha value is -1.81. The van der Waals surface area contributed by atoms with E-state index in [1.807, 2.05) is 6.07 Å². The summed E-state index contributed by atoms with van der Waals surface area (Å²) in [6.45, 7) is 2.83. The Labute approximate surface area is 154 Å². The minimum atomic E-state index is -3.85. The third-order valence-corrected chi connectivity index (χ3v) is 8.05. The molecule has 0 aliphatic carbocycles. The van der Waals surface area contributed by atoms with E-state index in [4.69, 9.17) is 0 Å². The Morgan fingerprint density at radius 2 is 1.92 bits per heavy atom. The Morgan fingerprint density at radius 3 is 2.62 bits per heavy atom. The molecule has 0 saturated carbocycles. The van der Waals surface area contributed by atoms with Gasteiger partial charge in [-0.3, -0.25) is 4.98 Å². The van der Waals surface area contributed by atoms with Crippen molar-refractivity contribution in [2.24, 2.45) is 0 Å². The van der Waals surface area contributed by atoms with Crippen LogP contribution < -0.4 is 5.32 Å². The van der Waals surface area contributed by atoms with Gasteiger partial charge in [-0.2, -0.15) is 4.31 Å². The van der Waals surface area contributed by atoms with Gasteiger partial charge in [0.15, 0.2) is 9.84 Å². The Balaban J connectivity index is 2.02. The van der Waals surface area contributed by atoms with Gasteiger partial charge < -0.3 is 5.32 Å². The van der Waals surface area contributed by atoms with E-state index in [0.29, 0.717) is 19.6 Å². The number of piperazine rings is 1. The lowest BCUT2D eigenvalue weighted by Crippen LogP contribution is -2.48. The van der Waals surface area contributed by atoms with Crippen molar-refractivity contribution in [3.63, 3.8) is 0 Å². The van der Waals surface area contributed by atoms with E-state index in [-0.39, 0.29) is 15.5 Å². The largest absolute Gasteiger partial charge is 0.313 e. The normalized spacial score (nSPS) is 19.3. The predicted octanol–water partition coefficient (Wildman–Crippen LogP) is 1.21. The van der Waals surface area contributed by atoms with Gasteiger partial charge in [-0.15, -0.1) is 0 Å². The van der Waals surface area contributed by atoms with E-state index in [1.165, 1.54) is 35.5 Å². The number of rotatable bonds is 5. The molecule has 1 saturated heterocycles. The maximum atomic E-state index is 13.2. The predicted molar refractivity (Wildman–Crippen MR) is 97.9 cm³/mol. The molecule has 2 aromatic rings. The molecule has 7 nitrogen and oxygen atoms in total. The molecule has 1 aromatic carbocycles. The first kappa shape index (κ1) is 19.0. The van der Waals surface area contributed by atoms with Crippen molar-refractivity contribution < 1.29 is 16.8 Å². The van der Waals surface area contributed by atoms with E-state index >= 15 is 0 Å². The SMILES string of the molecule is CCS(=O)(=O)c1cccc(S(=O)(=O)N2CCNCC2c2cccnc2)c1. The molecule has 1 atom stereocenters. The number of nitrogens with zero attached hydrogens (tertiary/aromatic N) is 2. The second-order valence-electron chi connectivity index (χ2n) is 6.00. The first-order valence-electron chi connectivity index (χ1n) is 8.31. The zero-order valence-electron chi connectivity index (χ0n) is 14.4. The van der Waals surface area contributed by atoms with Crippen molar-refractivity contribution in [2.45, 2.75) is 22.8 Å². The minimum Gasteiger partial charge on any atom is -0.313 e. The lowest BCUT2D eigenvalue weighted by Gasteiger charge is -2.35. The van der Waals surface area contributed by atoms with Gasteiger partial charge in [0.1, 0.15) is 0 Å². The second kappa shape index (κ2) is 7.43. The van der Waals surface area contributed by atoms with Crippen LogP contribution in [0.1, 0.15) is 18.5 Å². The van der Waals surface area contributed by atoms with E-state index < -0.39 is 25.9 Å². The van der Waals surface area contributed by atoms with Crippen LogP contribution in [0.2, 0.25) is 0 Å². The third kappa shape index (κ3) is 3.66. The van der Waals surface area contributed by atoms with Crippen molar-refractivity contribution in [3.8, 4) is 0 Å². The number of hydrogen-bond acceptors (Lipinski definition) is 6. The molecule has 3 rings (SSSR count). The first-order valence-corrected chi connectivity index (χ1v) is 11.4.